The normalized spacial score (nSPS) is 11.2. The van der Waals surface area contributed by atoms with Crippen LogP contribution in [0.15, 0.2) is 47.6 Å². The number of hydrazone groups is 1. The van der Waals surface area contributed by atoms with Gasteiger partial charge in [0.05, 0.1) is 5.71 Å². The highest BCUT2D eigenvalue weighted by Gasteiger charge is 2.08. The van der Waals surface area contributed by atoms with Crippen molar-refractivity contribution < 1.29 is 9.59 Å². The summed E-state index contributed by atoms with van der Waals surface area (Å²) < 4.78 is 0. The third kappa shape index (κ3) is 6.01. The van der Waals surface area contributed by atoms with E-state index in [9.17, 15) is 9.59 Å². The molecular formula is C20H22ClN3O2. The lowest BCUT2D eigenvalue weighted by Gasteiger charge is -2.09. The van der Waals surface area contributed by atoms with Crippen LogP contribution in [0.25, 0.3) is 0 Å². The maximum atomic E-state index is 12.0. The number of halogens is 1. The van der Waals surface area contributed by atoms with E-state index >= 15 is 0 Å². The summed E-state index contributed by atoms with van der Waals surface area (Å²) in [4.78, 5) is 23.9. The van der Waals surface area contributed by atoms with Gasteiger partial charge in [0.15, 0.2) is 0 Å². The van der Waals surface area contributed by atoms with Crippen LogP contribution in [0.5, 0.6) is 0 Å². The van der Waals surface area contributed by atoms with Gasteiger partial charge >= 0.3 is 0 Å². The second kappa shape index (κ2) is 9.15. The molecule has 0 radical (unpaired) electrons. The zero-order valence-corrected chi connectivity index (χ0v) is 15.9. The molecule has 2 amide bonds. The SMILES string of the molecule is C/C(=N\NC(=O)CCC(=O)Nc1ccc(C)cc1C)c1ccc(Cl)cc1. The van der Waals surface area contributed by atoms with E-state index < -0.39 is 0 Å². The van der Waals surface area contributed by atoms with Crippen LogP contribution in [-0.2, 0) is 9.59 Å². The number of nitrogens with one attached hydrogen (secondary N) is 2. The fraction of sp³-hybridized carbons (Fsp3) is 0.250. The Hall–Kier alpha value is -2.66. The average molecular weight is 372 g/mol. The lowest BCUT2D eigenvalue weighted by Crippen LogP contribution is -2.22. The van der Waals surface area contributed by atoms with Crippen molar-refractivity contribution in [3.05, 3.63) is 64.2 Å². The summed E-state index contributed by atoms with van der Waals surface area (Å²) in [6.45, 7) is 5.72. The Kier molecular flexibility index (Phi) is 6.92. The summed E-state index contributed by atoms with van der Waals surface area (Å²) in [6.07, 6.45) is 0.156. The number of aryl methyl sites for hydroxylation is 2. The summed E-state index contributed by atoms with van der Waals surface area (Å²) in [7, 11) is 0. The molecule has 0 aliphatic carbocycles. The first-order valence-electron chi connectivity index (χ1n) is 8.31. The molecule has 0 heterocycles. The molecule has 0 saturated heterocycles. The minimum Gasteiger partial charge on any atom is -0.326 e. The van der Waals surface area contributed by atoms with E-state index in [-0.39, 0.29) is 24.7 Å². The molecule has 0 fully saturated rings. The standard InChI is InChI=1S/C20H22ClN3O2/c1-13-4-9-18(14(2)12-13)22-19(25)10-11-20(26)24-23-15(3)16-5-7-17(21)8-6-16/h4-9,12H,10-11H2,1-3H3,(H,22,25)(H,24,26)/b23-15+. The predicted octanol–water partition coefficient (Wildman–Crippen LogP) is 4.22. The quantitative estimate of drug-likeness (QED) is 0.589. The van der Waals surface area contributed by atoms with E-state index in [1.165, 1.54) is 0 Å². The molecule has 0 unspecified atom stereocenters. The van der Waals surface area contributed by atoms with Crippen LogP contribution in [0.1, 0.15) is 36.5 Å². The van der Waals surface area contributed by atoms with Crippen molar-refractivity contribution in [1.82, 2.24) is 5.43 Å². The van der Waals surface area contributed by atoms with E-state index in [1.54, 1.807) is 19.1 Å². The molecular weight excluding hydrogens is 350 g/mol. The van der Waals surface area contributed by atoms with Crippen LogP contribution in [0, 0.1) is 13.8 Å². The Bertz CT molecular complexity index is 829. The van der Waals surface area contributed by atoms with Gasteiger partial charge in [0.1, 0.15) is 0 Å². The molecule has 0 aliphatic rings. The van der Waals surface area contributed by atoms with Crippen LogP contribution >= 0.6 is 11.6 Å². The monoisotopic (exact) mass is 371 g/mol. The van der Waals surface area contributed by atoms with Crippen molar-refractivity contribution in [1.29, 1.82) is 0 Å². The Morgan fingerprint density at radius 3 is 2.31 bits per heavy atom. The number of anilines is 1. The number of amides is 2. The number of nitrogens with zero attached hydrogens (tertiary/aromatic N) is 1. The van der Waals surface area contributed by atoms with Gasteiger partial charge in [-0.3, -0.25) is 9.59 Å². The van der Waals surface area contributed by atoms with Crippen LogP contribution in [-0.4, -0.2) is 17.5 Å². The molecule has 0 spiro atoms. The molecule has 0 atom stereocenters. The molecule has 5 nitrogen and oxygen atoms in total. The summed E-state index contributed by atoms with van der Waals surface area (Å²) in [6, 6.07) is 13.0. The van der Waals surface area contributed by atoms with Gasteiger partial charge in [0.2, 0.25) is 11.8 Å². The molecule has 136 valence electrons. The number of hydrogen-bond acceptors (Lipinski definition) is 3. The van der Waals surface area contributed by atoms with E-state index in [0.717, 1.165) is 22.4 Å². The summed E-state index contributed by atoms with van der Waals surface area (Å²) >= 11 is 5.84. The van der Waals surface area contributed by atoms with E-state index in [4.69, 9.17) is 11.6 Å². The summed E-state index contributed by atoms with van der Waals surface area (Å²) in [5.41, 5.74) is 6.88. The van der Waals surface area contributed by atoms with Crippen molar-refractivity contribution >= 4 is 34.8 Å². The van der Waals surface area contributed by atoms with Crippen LogP contribution in [0.4, 0.5) is 5.69 Å². The van der Waals surface area contributed by atoms with Crippen LogP contribution in [0.2, 0.25) is 5.02 Å². The molecule has 6 heteroatoms. The van der Waals surface area contributed by atoms with Crippen LogP contribution in [0.3, 0.4) is 0 Å². The first kappa shape index (κ1) is 19.7. The highest BCUT2D eigenvalue weighted by atomic mass is 35.5. The largest absolute Gasteiger partial charge is 0.326 e. The molecule has 0 aromatic heterocycles. The topological polar surface area (TPSA) is 70.6 Å². The van der Waals surface area contributed by atoms with Gasteiger partial charge in [-0.2, -0.15) is 5.10 Å². The maximum absolute atomic E-state index is 12.0. The Morgan fingerprint density at radius 2 is 1.65 bits per heavy atom. The zero-order valence-electron chi connectivity index (χ0n) is 15.1. The molecule has 0 saturated carbocycles. The molecule has 2 aromatic rings. The molecule has 2 aromatic carbocycles. The van der Waals surface area contributed by atoms with Crippen molar-refractivity contribution in [2.24, 2.45) is 5.10 Å². The predicted molar refractivity (Wildman–Crippen MR) is 106 cm³/mol. The second-order valence-corrected chi connectivity index (χ2v) is 6.54. The lowest BCUT2D eigenvalue weighted by atomic mass is 10.1. The highest BCUT2D eigenvalue weighted by molar-refractivity contribution is 6.30. The number of benzene rings is 2. The molecule has 2 rings (SSSR count). The third-order valence-electron chi connectivity index (χ3n) is 3.85. The fourth-order valence-corrected chi connectivity index (χ4v) is 2.48. The molecule has 0 bridgehead atoms. The summed E-state index contributed by atoms with van der Waals surface area (Å²) in [5.74, 6) is -0.514. The van der Waals surface area contributed by atoms with Gasteiger partial charge in [0, 0.05) is 23.6 Å². The first-order valence-corrected chi connectivity index (χ1v) is 8.69. The minimum absolute atomic E-state index is 0.0636. The minimum atomic E-state index is -0.311. The van der Waals surface area contributed by atoms with Crippen molar-refractivity contribution in [2.45, 2.75) is 33.6 Å². The van der Waals surface area contributed by atoms with Gasteiger partial charge < -0.3 is 5.32 Å². The second-order valence-electron chi connectivity index (χ2n) is 6.11. The number of rotatable bonds is 6. The van der Waals surface area contributed by atoms with E-state index in [0.29, 0.717) is 10.7 Å². The average Bonchev–Trinajstić information content (AvgIpc) is 2.61. The lowest BCUT2D eigenvalue weighted by molar-refractivity contribution is -0.124. The van der Waals surface area contributed by atoms with E-state index in [2.05, 4.69) is 15.8 Å². The third-order valence-corrected chi connectivity index (χ3v) is 4.10. The summed E-state index contributed by atoms with van der Waals surface area (Å²) in [5, 5.41) is 7.51. The highest BCUT2D eigenvalue weighted by Crippen LogP contribution is 2.16. The number of hydrogen-bond donors (Lipinski definition) is 2. The maximum Gasteiger partial charge on any atom is 0.240 e. The number of carbonyl (C=O) groups is 2. The van der Waals surface area contributed by atoms with E-state index in [1.807, 2.05) is 44.2 Å². The zero-order chi connectivity index (χ0) is 19.1. The smallest absolute Gasteiger partial charge is 0.240 e. The molecule has 0 aliphatic heterocycles. The Balaban J connectivity index is 1.81. The molecule has 26 heavy (non-hydrogen) atoms. The van der Waals surface area contributed by atoms with Crippen LogP contribution < -0.4 is 10.7 Å². The molecule has 2 N–H and O–H groups in total. The fourth-order valence-electron chi connectivity index (χ4n) is 2.35. The van der Waals surface area contributed by atoms with Gasteiger partial charge in [-0.25, -0.2) is 5.43 Å². The van der Waals surface area contributed by atoms with Crippen molar-refractivity contribution in [3.63, 3.8) is 0 Å². The van der Waals surface area contributed by atoms with Gasteiger partial charge in [0.25, 0.3) is 0 Å². The number of carbonyl (C=O) groups excluding carboxylic acids is 2. The van der Waals surface area contributed by atoms with Gasteiger partial charge in [-0.15, -0.1) is 0 Å². The van der Waals surface area contributed by atoms with Crippen molar-refractivity contribution in [3.8, 4) is 0 Å². The Morgan fingerprint density at radius 1 is 1.00 bits per heavy atom. The Labute approximate surface area is 158 Å². The van der Waals surface area contributed by atoms with Gasteiger partial charge in [-0.05, 0) is 50.1 Å². The first-order chi connectivity index (χ1) is 12.3. The van der Waals surface area contributed by atoms with Crippen molar-refractivity contribution in [2.75, 3.05) is 5.32 Å². The van der Waals surface area contributed by atoms with Gasteiger partial charge in [-0.1, -0.05) is 41.4 Å².